The van der Waals surface area contributed by atoms with Crippen molar-refractivity contribution in [1.29, 1.82) is 0 Å². The third-order valence-corrected chi connectivity index (χ3v) is 4.12. The van der Waals surface area contributed by atoms with Gasteiger partial charge in [0.15, 0.2) is 0 Å². The number of carbonyl (C=O) groups excluding carboxylic acids is 1. The first-order valence-electron chi connectivity index (χ1n) is 6.50. The number of ketones is 1. The van der Waals surface area contributed by atoms with Gasteiger partial charge in [-0.3, -0.25) is 9.78 Å². The molecule has 3 nitrogen and oxygen atoms in total. The number of carbonyl (C=O) groups is 1. The standard InChI is InChI=1S/C14H19BrN2O/c1-2-3-14(4-5-16-10-14)13(18)7-11-6-12(15)9-17-8-11/h6,8-9,16H,2-5,7,10H2,1H3. The van der Waals surface area contributed by atoms with E-state index in [0.717, 1.165) is 42.4 Å². The van der Waals surface area contributed by atoms with Crippen LogP contribution >= 0.6 is 15.9 Å². The molecule has 2 rings (SSSR count). The van der Waals surface area contributed by atoms with Gasteiger partial charge in [0.1, 0.15) is 5.78 Å². The molecule has 1 N–H and O–H groups in total. The predicted molar refractivity (Wildman–Crippen MR) is 75.5 cm³/mol. The molecule has 1 atom stereocenters. The second-order valence-electron chi connectivity index (χ2n) is 5.07. The van der Waals surface area contributed by atoms with E-state index in [2.05, 4.69) is 33.2 Å². The minimum absolute atomic E-state index is 0.142. The molecule has 0 radical (unpaired) electrons. The van der Waals surface area contributed by atoms with Crippen LogP contribution in [0.15, 0.2) is 22.9 Å². The molecule has 0 aromatic carbocycles. The maximum atomic E-state index is 12.6. The summed E-state index contributed by atoms with van der Waals surface area (Å²) < 4.78 is 0.932. The molecule has 1 saturated heterocycles. The summed E-state index contributed by atoms with van der Waals surface area (Å²) in [4.78, 5) is 16.7. The molecule has 0 saturated carbocycles. The Hall–Kier alpha value is -0.740. The van der Waals surface area contributed by atoms with Gasteiger partial charge in [-0.2, -0.15) is 0 Å². The first-order valence-corrected chi connectivity index (χ1v) is 7.29. The van der Waals surface area contributed by atoms with Crippen LogP contribution in [0.2, 0.25) is 0 Å². The van der Waals surface area contributed by atoms with Gasteiger partial charge in [-0.05, 0) is 46.9 Å². The van der Waals surface area contributed by atoms with Crippen LogP contribution < -0.4 is 5.32 Å². The lowest BCUT2D eigenvalue weighted by Gasteiger charge is -2.26. The first-order chi connectivity index (χ1) is 8.66. The number of pyridine rings is 1. The summed E-state index contributed by atoms with van der Waals surface area (Å²) in [6.45, 7) is 3.94. The number of hydrogen-bond donors (Lipinski definition) is 1. The molecule has 1 fully saturated rings. The number of nitrogens with one attached hydrogen (secondary N) is 1. The predicted octanol–water partition coefficient (Wildman–Crippen LogP) is 2.74. The summed E-state index contributed by atoms with van der Waals surface area (Å²) in [5.41, 5.74) is 0.855. The smallest absolute Gasteiger partial charge is 0.144 e. The Morgan fingerprint density at radius 1 is 1.56 bits per heavy atom. The van der Waals surface area contributed by atoms with Crippen LogP contribution in [0.4, 0.5) is 0 Å². The summed E-state index contributed by atoms with van der Waals surface area (Å²) in [6.07, 6.45) is 7.04. The highest BCUT2D eigenvalue weighted by atomic mass is 79.9. The van der Waals surface area contributed by atoms with Crippen molar-refractivity contribution < 1.29 is 4.79 Å². The summed E-state index contributed by atoms with van der Waals surface area (Å²) in [5.74, 6) is 0.356. The number of Topliss-reactive ketones (excluding diaryl/α,β-unsaturated/α-hetero) is 1. The molecule has 1 unspecified atom stereocenters. The monoisotopic (exact) mass is 310 g/mol. The fourth-order valence-corrected chi connectivity index (χ4v) is 3.15. The maximum absolute atomic E-state index is 12.6. The van der Waals surface area contributed by atoms with Crippen molar-refractivity contribution in [2.45, 2.75) is 32.6 Å². The van der Waals surface area contributed by atoms with E-state index in [0.29, 0.717) is 12.2 Å². The van der Waals surface area contributed by atoms with E-state index in [-0.39, 0.29) is 5.41 Å². The molecule has 0 amide bonds. The van der Waals surface area contributed by atoms with Gasteiger partial charge in [-0.1, -0.05) is 13.3 Å². The molecule has 1 aliphatic heterocycles. The van der Waals surface area contributed by atoms with Gasteiger partial charge in [-0.25, -0.2) is 0 Å². The number of aromatic nitrogens is 1. The van der Waals surface area contributed by atoms with Crippen molar-refractivity contribution in [2.24, 2.45) is 5.41 Å². The summed E-state index contributed by atoms with van der Waals surface area (Å²) >= 11 is 3.39. The average Bonchev–Trinajstić information content (AvgIpc) is 2.79. The van der Waals surface area contributed by atoms with Gasteiger partial charge in [0.2, 0.25) is 0 Å². The van der Waals surface area contributed by atoms with Crippen LogP contribution in [0.5, 0.6) is 0 Å². The Morgan fingerprint density at radius 2 is 2.39 bits per heavy atom. The maximum Gasteiger partial charge on any atom is 0.144 e. The van der Waals surface area contributed by atoms with Gasteiger partial charge in [0.05, 0.1) is 0 Å². The molecule has 4 heteroatoms. The van der Waals surface area contributed by atoms with Crippen molar-refractivity contribution in [1.82, 2.24) is 10.3 Å². The molecular formula is C14H19BrN2O. The van der Waals surface area contributed by atoms with Crippen LogP contribution in [0.25, 0.3) is 0 Å². The van der Waals surface area contributed by atoms with Crippen LogP contribution in [0.3, 0.4) is 0 Å². The summed E-state index contributed by atoms with van der Waals surface area (Å²) in [5, 5.41) is 3.33. The Morgan fingerprint density at radius 3 is 3.00 bits per heavy atom. The topological polar surface area (TPSA) is 42.0 Å². The van der Waals surface area contributed by atoms with Crippen LogP contribution in [0.1, 0.15) is 31.7 Å². The van der Waals surface area contributed by atoms with Crippen LogP contribution in [-0.2, 0) is 11.2 Å². The van der Waals surface area contributed by atoms with Gasteiger partial charge in [0.25, 0.3) is 0 Å². The van der Waals surface area contributed by atoms with Gasteiger partial charge in [-0.15, -0.1) is 0 Å². The van der Waals surface area contributed by atoms with E-state index in [4.69, 9.17) is 0 Å². The van der Waals surface area contributed by atoms with E-state index in [1.54, 1.807) is 12.4 Å². The third-order valence-electron chi connectivity index (χ3n) is 3.69. The van der Waals surface area contributed by atoms with E-state index in [9.17, 15) is 4.79 Å². The minimum Gasteiger partial charge on any atom is -0.316 e. The highest BCUT2D eigenvalue weighted by Crippen LogP contribution is 2.33. The van der Waals surface area contributed by atoms with E-state index < -0.39 is 0 Å². The molecule has 2 heterocycles. The molecule has 0 aliphatic carbocycles. The van der Waals surface area contributed by atoms with Gasteiger partial charge < -0.3 is 5.32 Å². The third kappa shape index (κ3) is 2.98. The Balaban J connectivity index is 2.10. The zero-order valence-electron chi connectivity index (χ0n) is 10.7. The number of nitrogens with zero attached hydrogens (tertiary/aromatic N) is 1. The highest BCUT2D eigenvalue weighted by molar-refractivity contribution is 9.10. The van der Waals surface area contributed by atoms with Crippen LogP contribution in [-0.4, -0.2) is 23.9 Å². The molecule has 1 aromatic heterocycles. The molecule has 1 aliphatic rings. The zero-order valence-corrected chi connectivity index (χ0v) is 12.3. The Bertz CT molecular complexity index is 428. The van der Waals surface area contributed by atoms with Gasteiger partial charge in [0, 0.05) is 35.2 Å². The fraction of sp³-hybridized carbons (Fsp3) is 0.571. The fourth-order valence-electron chi connectivity index (χ4n) is 2.74. The molecule has 98 valence electrons. The van der Waals surface area contributed by atoms with Gasteiger partial charge >= 0.3 is 0 Å². The number of rotatable bonds is 5. The van der Waals surface area contributed by atoms with Crippen molar-refractivity contribution in [3.05, 3.63) is 28.5 Å². The molecule has 1 aromatic rings. The Kier molecular flexibility index (Phi) is 4.51. The normalized spacial score (nSPS) is 23.2. The van der Waals surface area contributed by atoms with E-state index >= 15 is 0 Å². The van der Waals surface area contributed by atoms with E-state index in [1.807, 2.05) is 6.07 Å². The minimum atomic E-state index is -0.142. The average molecular weight is 311 g/mol. The van der Waals surface area contributed by atoms with Crippen molar-refractivity contribution in [3.8, 4) is 0 Å². The first kappa shape index (κ1) is 13.7. The lowest BCUT2D eigenvalue weighted by Crippen LogP contribution is -2.34. The second-order valence-corrected chi connectivity index (χ2v) is 5.98. The number of hydrogen-bond acceptors (Lipinski definition) is 3. The highest BCUT2D eigenvalue weighted by Gasteiger charge is 2.39. The van der Waals surface area contributed by atoms with E-state index in [1.165, 1.54) is 0 Å². The van der Waals surface area contributed by atoms with Crippen molar-refractivity contribution >= 4 is 21.7 Å². The summed E-state index contributed by atoms with van der Waals surface area (Å²) in [6, 6.07) is 1.98. The van der Waals surface area contributed by atoms with Crippen molar-refractivity contribution in [2.75, 3.05) is 13.1 Å². The molecule has 0 bridgehead atoms. The zero-order chi connectivity index (χ0) is 13.0. The SMILES string of the molecule is CCCC1(C(=O)Cc2cncc(Br)c2)CCNC1. The second kappa shape index (κ2) is 5.93. The largest absolute Gasteiger partial charge is 0.316 e. The van der Waals surface area contributed by atoms with Crippen molar-refractivity contribution in [3.63, 3.8) is 0 Å². The summed E-state index contributed by atoms with van der Waals surface area (Å²) in [7, 11) is 0. The lowest BCUT2D eigenvalue weighted by molar-refractivity contribution is -0.127. The quantitative estimate of drug-likeness (QED) is 0.909. The Labute approximate surface area is 117 Å². The number of halogens is 1. The molecule has 18 heavy (non-hydrogen) atoms. The molecular weight excluding hydrogens is 292 g/mol. The molecule has 0 spiro atoms. The van der Waals surface area contributed by atoms with Crippen LogP contribution in [0, 0.1) is 5.41 Å². The lowest BCUT2D eigenvalue weighted by atomic mass is 9.76.